The minimum atomic E-state index is -0.0585. The number of anilines is 1. The number of carbonyl (C=O) groups is 1. The van der Waals surface area contributed by atoms with E-state index in [-0.39, 0.29) is 5.91 Å². The predicted molar refractivity (Wildman–Crippen MR) is 72.3 cm³/mol. The highest BCUT2D eigenvalue weighted by atomic mass is 16.2. The van der Waals surface area contributed by atoms with Gasteiger partial charge >= 0.3 is 0 Å². The van der Waals surface area contributed by atoms with Crippen LogP contribution < -0.4 is 5.73 Å². The number of H-pyrrole nitrogens is 1. The van der Waals surface area contributed by atoms with Crippen molar-refractivity contribution < 1.29 is 4.79 Å². The molecule has 1 amide bonds. The van der Waals surface area contributed by atoms with Crippen molar-refractivity contribution in [3.63, 3.8) is 0 Å². The molecule has 0 aliphatic heterocycles. The van der Waals surface area contributed by atoms with Crippen molar-refractivity contribution >= 4 is 11.7 Å². The fraction of sp³-hybridized carbons (Fsp3) is 0.667. The SMILES string of the molecule is CC(C)CN(CCN(C)C)C(=O)c1cn[nH]c1N. The Morgan fingerprint density at radius 3 is 2.56 bits per heavy atom. The zero-order chi connectivity index (χ0) is 13.7. The second kappa shape index (κ2) is 6.39. The number of hydrogen-bond acceptors (Lipinski definition) is 4. The van der Waals surface area contributed by atoms with Crippen molar-refractivity contribution in [1.29, 1.82) is 0 Å². The summed E-state index contributed by atoms with van der Waals surface area (Å²) in [6, 6.07) is 0. The molecular weight excluding hydrogens is 230 g/mol. The Morgan fingerprint density at radius 2 is 2.11 bits per heavy atom. The van der Waals surface area contributed by atoms with Crippen LogP contribution in [-0.2, 0) is 0 Å². The van der Waals surface area contributed by atoms with Crippen molar-refractivity contribution in [3.05, 3.63) is 11.8 Å². The summed E-state index contributed by atoms with van der Waals surface area (Å²) < 4.78 is 0. The molecule has 1 aromatic heterocycles. The van der Waals surface area contributed by atoms with Crippen LogP contribution in [0.1, 0.15) is 24.2 Å². The van der Waals surface area contributed by atoms with Gasteiger partial charge in [0.25, 0.3) is 5.91 Å². The molecule has 0 aromatic carbocycles. The summed E-state index contributed by atoms with van der Waals surface area (Å²) in [7, 11) is 3.98. The molecule has 6 nitrogen and oxygen atoms in total. The van der Waals surface area contributed by atoms with Gasteiger partial charge in [-0.15, -0.1) is 0 Å². The fourth-order valence-electron chi connectivity index (χ4n) is 1.67. The van der Waals surface area contributed by atoms with E-state index >= 15 is 0 Å². The van der Waals surface area contributed by atoms with E-state index < -0.39 is 0 Å². The molecule has 1 aromatic rings. The molecule has 18 heavy (non-hydrogen) atoms. The Balaban J connectivity index is 2.75. The standard InChI is InChI=1S/C12H23N5O/c1-9(2)8-17(6-5-16(3)4)12(18)10-7-14-15-11(10)13/h7,9H,5-6,8H2,1-4H3,(H3,13,14,15). The van der Waals surface area contributed by atoms with Crippen molar-refractivity contribution in [2.75, 3.05) is 39.5 Å². The summed E-state index contributed by atoms with van der Waals surface area (Å²) in [5.41, 5.74) is 6.14. The number of nitrogens with zero attached hydrogens (tertiary/aromatic N) is 3. The summed E-state index contributed by atoms with van der Waals surface area (Å²) >= 11 is 0. The van der Waals surface area contributed by atoms with Gasteiger partial charge < -0.3 is 15.5 Å². The van der Waals surface area contributed by atoms with Gasteiger partial charge in [-0.1, -0.05) is 13.8 Å². The van der Waals surface area contributed by atoms with Crippen molar-refractivity contribution in [1.82, 2.24) is 20.0 Å². The van der Waals surface area contributed by atoms with Crippen LogP contribution >= 0.6 is 0 Å². The molecule has 0 unspecified atom stereocenters. The molecule has 0 aliphatic carbocycles. The molecule has 0 spiro atoms. The normalized spacial score (nSPS) is 11.2. The molecule has 0 atom stereocenters. The maximum atomic E-state index is 12.3. The van der Waals surface area contributed by atoms with E-state index in [2.05, 4.69) is 28.9 Å². The number of nitrogens with one attached hydrogen (secondary N) is 1. The Kier molecular flexibility index (Phi) is 5.15. The molecule has 6 heteroatoms. The first-order valence-corrected chi connectivity index (χ1v) is 6.14. The zero-order valence-corrected chi connectivity index (χ0v) is 11.6. The molecule has 0 fully saturated rings. The van der Waals surface area contributed by atoms with E-state index in [1.807, 2.05) is 19.0 Å². The van der Waals surface area contributed by atoms with Crippen LogP contribution in [0.15, 0.2) is 6.20 Å². The molecule has 0 aliphatic rings. The highest BCUT2D eigenvalue weighted by molar-refractivity contribution is 5.98. The van der Waals surface area contributed by atoms with E-state index in [1.165, 1.54) is 6.20 Å². The molecule has 1 heterocycles. The first-order chi connectivity index (χ1) is 8.41. The molecule has 102 valence electrons. The monoisotopic (exact) mass is 253 g/mol. The topological polar surface area (TPSA) is 78.2 Å². The Morgan fingerprint density at radius 1 is 1.44 bits per heavy atom. The maximum absolute atomic E-state index is 12.3. The molecule has 3 N–H and O–H groups in total. The number of nitrogen functional groups attached to an aromatic ring is 1. The van der Waals surface area contributed by atoms with Crippen LogP contribution in [-0.4, -0.2) is 59.6 Å². The fourth-order valence-corrected chi connectivity index (χ4v) is 1.67. The molecule has 1 rings (SSSR count). The van der Waals surface area contributed by atoms with E-state index in [9.17, 15) is 4.79 Å². The maximum Gasteiger partial charge on any atom is 0.259 e. The van der Waals surface area contributed by atoms with Crippen LogP contribution in [0.5, 0.6) is 0 Å². The smallest absolute Gasteiger partial charge is 0.259 e. The third kappa shape index (κ3) is 4.03. The number of aromatic nitrogens is 2. The molecule has 0 radical (unpaired) electrons. The van der Waals surface area contributed by atoms with Gasteiger partial charge in [-0.3, -0.25) is 9.89 Å². The average molecular weight is 253 g/mol. The predicted octanol–water partition coefficient (Wildman–Crippen LogP) is 0.652. The van der Waals surface area contributed by atoms with E-state index in [0.29, 0.717) is 23.8 Å². The summed E-state index contributed by atoms with van der Waals surface area (Å²) in [5, 5.41) is 6.38. The lowest BCUT2D eigenvalue weighted by atomic mass is 10.2. The van der Waals surface area contributed by atoms with Gasteiger partial charge in [0, 0.05) is 19.6 Å². The lowest BCUT2D eigenvalue weighted by Crippen LogP contribution is -2.39. The number of rotatable bonds is 6. The van der Waals surface area contributed by atoms with Gasteiger partial charge in [0.15, 0.2) is 0 Å². The Hall–Kier alpha value is -1.56. The van der Waals surface area contributed by atoms with Crippen LogP contribution in [0.25, 0.3) is 0 Å². The number of nitrogens with two attached hydrogens (primary N) is 1. The molecule has 0 saturated heterocycles. The lowest BCUT2D eigenvalue weighted by Gasteiger charge is -2.25. The lowest BCUT2D eigenvalue weighted by molar-refractivity contribution is 0.0726. The van der Waals surface area contributed by atoms with E-state index in [1.54, 1.807) is 0 Å². The van der Waals surface area contributed by atoms with Crippen molar-refractivity contribution in [3.8, 4) is 0 Å². The van der Waals surface area contributed by atoms with E-state index in [0.717, 1.165) is 13.1 Å². The zero-order valence-electron chi connectivity index (χ0n) is 11.6. The summed E-state index contributed by atoms with van der Waals surface area (Å²) in [6.45, 7) is 6.42. The molecule has 0 saturated carbocycles. The number of carbonyl (C=O) groups excluding carboxylic acids is 1. The third-order valence-corrected chi connectivity index (χ3v) is 2.59. The summed E-state index contributed by atoms with van der Waals surface area (Å²) in [5.74, 6) is 0.694. The van der Waals surface area contributed by atoms with Crippen molar-refractivity contribution in [2.24, 2.45) is 5.92 Å². The van der Waals surface area contributed by atoms with E-state index in [4.69, 9.17) is 5.73 Å². The van der Waals surface area contributed by atoms with Crippen LogP contribution in [0.4, 0.5) is 5.82 Å². The second-order valence-electron chi connectivity index (χ2n) is 5.15. The molecule has 0 bridgehead atoms. The number of likely N-dealkylation sites (N-methyl/N-ethyl adjacent to an activating group) is 1. The van der Waals surface area contributed by atoms with Gasteiger partial charge in [-0.05, 0) is 20.0 Å². The van der Waals surface area contributed by atoms with Gasteiger partial charge in [-0.2, -0.15) is 5.10 Å². The number of aromatic amines is 1. The van der Waals surface area contributed by atoms with Gasteiger partial charge in [0.05, 0.1) is 6.20 Å². The van der Waals surface area contributed by atoms with Crippen LogP contribution in [0.2, 0.25) is 0 Å². The first kappa shape index (κ1) is 14.5. The third-order valence-electron chi connectivity index (χ3n) is 2.59. The average Bonchev–Trinajstić information content (AvgIpc) is 2.69. The highest BCUT2D eigenvalue weighted by Gasteiger charge is 2.20. The van der Waals surface area contributed by atoms with Gasteiger partial charge in [-0.25, -0.2) is 0 Å². The minimum absolute atomic E-state index is 0.0585. The largest absolute Gasteiger partial charge is 0.383 e. The summed E-state index contributed by atoms with van der Waals surface area (Å²) in [6.07, 6.45) is 1.49. The quantitative estimate of drug-likeness (QED) is 0.780. The highest BCUT2D eigenvalue weighted by Crippen LogP contribution is 2.11. The summed E-state index contributed by atoms with van der Waals surface area (Å²) in [4.78, 5) is 16.2. The van der Waals surface area contributed by atoms with Gasteiger partial charge in [0.2, 0.25) is 0 Å². The molecular formula is C12H23N5O. The van der Waals surface area contributed by atoms with Crippen molar-refractivity contribution in [2.45, 2.75) is 13.8 Å². The Bertz CT molecular complexity index is 386. The first-order valence-electron chi connectivity index (χ1n) is 6.14. The van der Waals surface area contributed by atoms with Crippen LogP contribution in [0, 0.1) is 5.92 Å². The van der Waals surface area contributed by atoms with Crippen LogP contribution in [0.3, 0.4) is 0 Å². The minimum Gasteiger partial charge on any atom is -0.383 e. The Labute approximate surface area is 108 Å². The second-order valence-corrected chi connectivity index (χ2v) is 5.15. The number of hydrogen-bond donors (Lipinski definition) is 2. The van der Waals surface area contributed by atoms with Gasteiger partial charge in [0.1, 0.15) is 11.4 Å². The number of amides is 1.